The van der Waals surface area contributed by atoms with Gasteiger partial charge in [0.05, 0.1) is 19.1 Å². The molecule has 1 aliphatic rings. The number of nitrogens with zero attached hydrogens (tertiary/aromatic N) is 2. The van der Waals surface area contributed by atoms with E-state index in [-0.39, 0.29) is 43.8 Å². The Morgan fingerprint density at radius 2 is 1.68 bits per heavy atom. The van der Waals surface area contributed by atoms with Gasteiger partial charge in [0.25, 0.3) is 0 Å². The van der Waals surface area contributed by atoms with E-state index in [1.54, 1.807) is 49.4 Å². The van der Waals surface area contributed by atoms with Crippen LogP contribution >= 0.6 is 23.2 Å². The second-order valence-electron chi connectivity index (χ2n) is 9.52. The molecule has 1 fully saturated rings. The van der Waals surface area contributed by atoms with Crippen LogP contribution in [0.4, 0.5) is 5.69 Å². The fourth-order valence-corrected chi connectivity index (χ4v) is 6.06. The lowest BCUT2D eigenvalue weighted by molar-refractivity contribution is -0.140. The Bertz CT molecular complexity index is 1200. The summed E-state index contributed by atoms with van der Waals surface area (Å²) < 4.78 is 31.4. The lowest BCUT2D eigenvalue weighted by Gasteiger charge is -2.30. The molecule has 0 heterocycles. The number of benzene rings is 2. The van der Waals surface area contributed by atoms with Crippen molar-refractivity contribution >= 4 is 50.7 Å². The summed E-state index contributed by atoms with van der Waals surface area (Å²) in [6.07, 6.45) is 5.41. The monoisotopic (exact) mass is 583 g/mol. The third-order valence-electron chi connectivity index (χ3n) is 6.77. The summed E-state index contributed by atoms with van der Waals surface area (Å²) in [5, 5.41) is 3.87. The topological polar surface area (TPSA) is 96.0 Å². The first-order valence-electron chi connectivity index (χ1n) is 12.7. The normalized spacial score (nSPS) is 14.7. The Labute approximate surface area is 235 Å². The molecule has 1 atom stereocenters. The quantitative estimate of drug-likeness (QED) is 0.378. The van der Waals surface area contributed by atoms with Crippen LogP contribution in [0.15, 0.2) is 42.5 Å². The largest absolute Gasteiger partial charge is 0.497 e. The third kappa shape index (κ3) is 8.01. The minimum absolute atomic E-state index is 0.0330. The van der Waals surface area contributed by atoms with Crippen molar-refractivity contribution in [1.82, 2.24) is 10.2 Å². The first-order chi connectivity index (χ1) is 18.0. The Hall–Kier alpha value is -2.49. The van der Waals surface area contributed by atoms with Gasteiger partial charge in [-0.05, 0) is 62.6 Å². The first-order valence-corrected chi connectivity index (χ1v) is 15.3. The number of hydrogen-bond donors (Lipinski definition) is 1. The minimum Gasteiger partial charge on any atom is -0.497 e. The predicted molar refractivity (Wildman–Crippen MR) is 151 cm³/mol. The van der Waals surface area contributed by atoms with Gasteiger partial charge in [-0.15, -0.1) is 0 Å². The number of methoxy groups -OCH3 is 1. The van der Waals surface area contributed by atoms with Crippen LogP contribution in [0.3, 0.4) is 0 Å². The molecule has 11 heteroatoms. The zero-order valence-corrected chi connectivity index (χ0v) is 24.3. The highest BCUT2D eigenvalue weighted by Crippen LogP contribution is 2.28. The fraction of sp³-hybridized carbons (Fsp3) is 0.481. The van der Waals surface area contributed by atoms with Crippen molar-refractivity contribution in [2.24, 2.45) is 0 Å². The van der Waals surface area contributed by atoms with E-state index in [0.717, 1.165) is 31.9 Å². The van der Waals surface area contributed by atoms with Gasteiger partial charge in [-0.3, -0.25) is 13.9 Å². The average molecular weight is 585 g/mol. The predicted octanol–water partition coefficient (Wildman–Crippen LogP) is 5.02. The molecule has 1 aliphatic carbocycles. The number of rotatable bonds is 12. The molecule has 1 N–H and O–H groups in total. The van der Waals surface area contributed by atoms with Crippen LogP contribution in [0.1, 0.15) is 51.0 Å². The molecule has 8 nitrogen and oxygen atoms in total. The summed E-state index contributed by atoms with van der Waals surface area (Å²) in [6, 6.07) is 11.1. The van der Waals surface area contributed by atoms with Gasteiger partial charge in [-0.1, -0.05) is 42.1 Å². The maximum absolute atomic E-state index is 13.5. The van der Waals surface area contributed by atoms with E-state index in [4.69, 9.17) is 27.9 Å². The number of amides is 2. The summed E-state index contributed by atoms with van der Waals surface area (Å²) in [7, 11) is -2.06. The van der Waals surface area contributed by atoms with E-state index in [1.165, 1.54) is 16.3 Å². The molecule has 2 amide bonds. The van der Waals surface area contributed by atoms with E-state index >= 15 is 0 Å². The number of sulfonamides is 1. The van der Waals surface area contributed by atoms with Crippen molar-refractivity contribution in [2.45, 2.75) is 64.1 Å². The number of hydrogen-bond acceptors (Lipinski definition) is 5. The van der Waals surface area contributed by atoms with Gasteiger partial charge in [-0.2, -0.15) is 0 Å². The number of carbonyl (C=O) groups is 2. The van der Waals surface area contributed by atoms with Crippen LogP contribution in [-0.2, 0) is 26.2 Å². The van der Waals surface area contributed by atoms with Crippen LogP contribution in [0.2, 0.25) is 10.0 Å². The molecule has 2 aromatic carbocycles. The van der Waals surface area contributed by atoms with Gasteiger partial charge in [0.15, 0.2) is 0 Å². The van der Waals surface area contributed by atoms with Gasteiger partial charge in [0, 0.05) is 41.2 Å². The zero-order valence-electron chi connectivity index (χ0n) is 22.0. The summed E-state index contributed by atoms with van der Waals surface area (Å²) in [6.45, 7) is 1.85. The molecule has 0 bridgehead atoms. The molecule has 0 aromatic heterocycles. The Morgan fingerprint density at radius 3 is 2.24 bits per heavy atom. The van der Waals surface area contributed by atoms with E-state index in [9.17, 15) is 18.0 Å². The van der Waals surface area contributed by atoms with E-state index < -0.39 is 16.1 Å². The Kier molecular flexibility index (Phi) is 10.7. The highest BCUT2D eigenvalue weighted by molar-refractivity contribution is 7.92. The zero-order chi connectivity index (χ0) is 27.9. The summed E-state index contributed by atoms with van der Waals surface area (Å²) >= 11 is 12.8. The fourth-order valence-electron chi connectivity index (χ4n) is 4.58. The third-order valence-corrected chi connectivity index (χ3v) is 8.67. The lowest BCUT2D eigenvalue weighted by Crippen LogP contribution is -2.49. The van der Waals surface area contributed by atoms with E-state index in [0.29, 0.717) is 27.0 Å². The van der Waals surface area contributed by atoms with E-state index in [1.807, 2.05) is 0 Å². The molecule has 0 spiro atoms. The summed E-state index contributed by atoms with van der Waals surface area (Å²) in [5.74, 6) is 0.0822. The minimum atomic E-state index is -3.59. The van der Waals surface area contributed by atoms with Gasteiger partial charge in [0.2, 0.25) is 21.8 Å². The summed E-state index contributed by atoms with van der Waals surface area (Å²) in [4.78, 5) is 28.0. The van der Waals surface area contributed by atoms with Crippen LogP contribution in [-0.4, -0.2) is 57.1 Å². The van der Waals surface area contributed by atoms with Gasteiger partial charge >= 0.3 is 0 Å². The second kappa shape index (κ2) is 13.5. The number of ether oxygens (including phenoxy) is 1. The molecule has 1 unspecified atom stereocenters. The maximum atomic E-state index is 13.5. The number of anilines is 1. The summed E-state index contributed by atoms with van der Waals surface area (Å²) in [5.41, 5.74) is 1.03. The Morgan fingerprint density at radius 1 is 1.08 bits per heavy atom. The molecular formula is C27H35Cl2N3O5S. The molecule has 3 rings (SSSR count). The van der Waals surface area contributed by atoms with E-state index in [2.05, 4.69) is 5.32 Å². The molecule has 0 saturated heterocycles. The molecule has 0 aliphatic heterocycles. The van der Waals surface area contributed by atoms with Crippen molar-refractivity contribution in [3.63, 3.8) is 0 Å². The van der Waals surface area contributed by atoms with Crippen molar-refractivity contribution in [3.05, 3.63) is 58.1 Å². The molecule has 38 heavy (non-hydrogen) atoms. The van der Waals surface area contributed by atoms with Crippen LogP contribution in [0.25, 0.3) is 0 Å². The van der Waals surface area contributed by atoms with Gasteiger partial charge in [0.1, 0.15) is 11.8 Å². The highest BCUT2D eigenvalue weighted by Gasteiger charge is 2.29. The maximum Gasteiger partial charge on any atom is 0.242 e. The number of halogens is 2. The van der Waals surface area contributed by atoms with Crippen molar-refractivity contribution in [1.29, 1.82) is 0 Å². The molecule has 2 aromatic rings. The van der Waals surface area contributed by atoms with Crippen molar-refractivity contribution in [2.75, 3.05) is 24.2 Å². The SMILES string of the molecule is COc1ccc(N(CCCC(=O)N(Cc2c(Cl)cccc2Cl)C(C)C(=O)NC2CCCC2)S(C)(=O)=O)cc1. The average Bonchev–Trinajstić information content (AvgIpc) is 3.38. The van der Waals surface area contributed by atoms with Crippen molar-refractivity contribution < 1.29 is 22.7 Å². The van der Waals surface area contributed by atoms with Gasteiger partial charge < -0.3 is 15.0 Å². The standard InChI is InChI=1S/C27H35Cl2N3O5S/c1-19(27(34)30-20-8-4-5-9-20)31(18-23-24(28)10-6-11-25(23)29)26(33)12-7-17-32(38(3,35)36)21-13-15-22(37-2)16-14-21/h6,10-11,13-16,19-20H,4-5,7-9,12,17-18H2,1-3H3,(H,30,34). The highest BCUT2D eigenvalue weighted by atomic mass is 35.5. The first kappa shape index (κ1) is 30.1. The van der Waals surface area contributed by atoms with Crippen LogP contribution in [0.5, 0.6) is 5.75 Å². The Balaban J connectivity index is 1.75. The molecule has 208 valence electrons. The molecular weight excluding hydrogens is 549 g/mol. The number of carbonyl (C=O) groups excluding carboxylic acids is 2. The lowest BCUT2D eigenvalue weighted by atomic mass is 10.1. The smallest absolute Gasteiger partial charge is 0.242 e. The molecule has 0 radical (unpaired) electrons. The van der Waals surface area contributed by atoms with Crippen LogP contribution in [0, 0.1) is 0 Å². The van der Waals surface area contributed by atoms with Gasteiger partial charge in [-0.25, -0.2) is 8.42 Å². The second-order valence-corrected chi connectivity index (χ2v) is 12.2. The van der Waals surface area contributed by atoms with Crippen molar-refractivity contribution in [3.8, 4) is 5.75 Å². The molecule has 1 saturated carbocycles. The number of nitrogens with one attached hydrogen (secondary N) is 1. The van der Waals surface area contributed by atoms with Crippen LogP contribution < -0.4 is 14.4 Å².